The molecule has 0 saturated carbocycles. The van der Waals surface area contributed by atoms with E-state index in [2.05, 4.69) is 297 Å². The van der Waals surface area contributed by atoms with Crippen LogP contribution >= 0.6 is 0 Å². The molecule has 0 spiro atoms. The van der Waals surface area contributed by atoms with E-state index in [1.807, 2.05) is 6.07 Å². The number of aromatic nitrogens is 3. The van der Waals surface area contributed by atoms with Crippen molar-refractivity contribution in [1.82, 2.24) is 15.0 Å². The zero-order chi connectivity index (χ0) is 54.6. The van der Waals surface area contributed by atoms with Crippen LogP contribution in [0.2, 0.25) is 0 Å². The van der Waals surface area contributed by atoms with Crippen LogP contribution in [0.3, 0.4) is 0 Å². The molecule has 4 nitrogen and oxygen atoms in total. The van der Waals surface area contributed by atoms with Crippen LogP contribution in [-0.4, -0.2) is 20.7 Å². The first-order valence-electron chi connectivity index (χ1n) is 28.3. The fourth-order valence-electron chi connectivity index (χ4n) is 11.7. The third kappa shape index (κ3) is 10.4. The number of pyridine rings is 1. The van der Waals surface area contributed by atoms with Crippen LogP contribution in [-0.2, 0) is 0 Å². The first-order chi connectivity index (χ1) is 40.6. The minimum absolute atomic E-state index is 0.110. The smallest absolute Gasteiger partial charge is 0.160 e. The molecule has 4 heteroatoms. The summed E-state index contributed by atoms with van der Waals surface area (Å²) in [4.78, 5) is 21.8. The van der Waals surface area contributed by atoms with Gasteiger partial charge in [0.25, 0.3) is 0 Å². The van der Waals surface area contributed by atoms with Gasteiger partial charge < -0.3 is 0 Å². The lowest BCUT2D eigenvalue weighted by atomic mass is 9.84. The van der Waals surface area contributed by atoms with Gasteiger partial charge in [-0.1, -0.05) is 273 Å². The number of rotatable bonds is 12. The number of allylic oxidation sites excluding steroid dienone is 5. The molecule has 1 aliphatic heterocycles. The number of aliphatic imine (C=N–C) groups is 1. The summed E-state index contributed by atoms with van der Waals surface area (Å²) in [5.74, 6) is 1.01. The van der Waals surface area contributed by atoms with E-state index in [1.165, 1.54) is 16.7 Å². The van der Waals surface area contributed by atoms with Crippen molar-refractivity contribution < 1.29 is 0 Å². The molecule has 2 unspecified atom stereocenters. The van der Waals surface area contributed by atoms with Gasteiger partial charge in [-0.25, -0.2) is 15.0 Å². The third-order valence-electron chi connectivity index (χ3n) is 16.0. The molecule has 3 heterocycles. The normalized spacial score (nSPS) is 14.9. The molecular weight excluding hydrogens is 993 g/mol. The van der Waals surface area contributed by atoms with Crippen LogP contribution in [0.4, 0.5) is 0 Å². The molecular formula is C78H56N4. The summed E-state index contributed by atoms with van der Waals surface area (Å²) in [6.07, 6.45) is 10.8. The van der Waals surface area contributed by atoms with Gasteiger partial charge in [0, 0.05) is 57.2 Å². The van der Waals surface area contributed by atoms with Gasteiger partial charge >= 0.3 is 0 Å². The molecule has 2 aromatic heterocycles. The van der Waals surface area contributed by atoms with Gasteiger partial charge in [-0.2, -0.15) is 0 Å². The van der Waals surface area contributed by atoms with E-state index in [0.29, 0.717) is 5.82 Å². The Morgan fingerprint density at radius 1 is 0.329 bits per heavy atom. The van der Waals surface area contributed by atoms with Gasteiger partial charge in [-0.3, -0.25) is 4.99 Å². The van der Waals surface area contributed by atoms with Crippen molar-refractivity contribution in [2.75, 3.05) is 0 Å². The van der Waals surface area contributed by atoms with E-state index in [9.17, 15) is 0 Å². The summed E-state index contributed by atoms with van der Waals surface area (Å²) in [5.41, 5.74) is 23.6. The minimum Gasteiger partial charge on any atom is -0.252 e. The van der Waals surface area contributed by atoms with E-state index < -0.39 is 0 Å². The van der Waals surface area contributed by atoms with E-state index in [0.717, 1.165) is 125 Å². The van der Waals surface area contributed by atoms with E-state index in [-0.39, 0.29) is 11.8 Å². The number of benzene rings is 10. The summed E-state index contributed by atoms with van der Waals surface area (Å²) < 4.78 is 0. The Labute approximate surface area is 479 Å². The van der Waals surface area contributed by atoms with Gasteiger partial charge in [0.1, 0.15) is 0 Å². The Morgan fingerprint density at radius 3 is 1.51 bits per heavy atom. The molecule has 10 aromatic carbocycles. The van der Waals surface area contributed by atoms with Crippen molar-refractivity contribution in [3.05, 3.63) is 331 Å². The lowest BCUT2D eigenvalue weighted by Gasteiger charge is -2.23. The maximum Gasteiger partial charge on any atom is 0.160 e. The summed E-state index contributed by atoms with van der Waals surface area (Å²) >= 11 is 0. The highest BCUT2D eigenvalue weighted by Crippen LogP contribution is 2.43. The predicted molar refractivity (Wildman–Crippen MR) is 341 cm³/mol. The molecule has 0 radical (unpaired) electrons. The molecule has 0 bridgehead atoms. The average molecular weight is 1050 g/mol. The van der Waals surface area contributed by atoms with Gasteiger partial charge in [0.05, 0.1) is 28.3 Å². The largest absolute Gasteiger partial charge is 0.252 e. The Balaban J connectivity index is 0.930. The maximum atomic E-state index is 5.65. The lowest BCUT2D eigenvalue weighted by Crippen LogP contribution is -2.12. The SMILES string of the molecule is C1=CC(c2ccccc2)CC(c2cc(-c3cccc(-c4ccccc4)c3)c3nc(-c4ccc(-c5cc(-c6ccccc6)cc(-c6ccccc6)n5)cc4)nc(-c4ccc(C5C=C(c6ccccc6)N=C(c6ccccc6)C5)cc4)c3c2)=C1. The number of fused-ring (bicyclic) bond motifs is 1. The average Bonchev–Trinajstić information content (AvgIpc) is 3.72. The summed E-state index contributed by atoms with van der Waals surface area (Å²) in [6.45, 7) is 0. The molecule has 14 rings (SSSR count). The maximum absolute atomic E-state index is 5.65. The molecule has 0 saturated heterocycles. The standard InChI is InChI=1S/C78H56N4/c1-7-21-53(22-8-1)63-33-19-35-65(45-63)67-47-70(66-36-20-34-64(46-66)54-23-9-2-10-24-54)77-71(48-67)76(61-41-37-56(38-42-61)69-51-73(58-29-15-5-16-30-58)79-74(52-69)59-31-17-6-18-32-59)81-78(82-77)62-43-39-60(40-44-62)75-50-68(55-25-11-3-12-26-55)49-72(80-75)57-27-13-4-14-28-57/h1-44,46-51,63,69H,45,52H2. The van der Waals surface area contributed by atoms with Crippen LogP contribution < -0.4 is 0 Å². The number of nitrogens with zero attached hydrogens (tertiary/aromatic N) is 4. The van der Waals surface area contributed by atoms with Crippen molar-refractivity contribution in [2.45, 2.75) is 24.7 Å². The highest BCUT2D eigenvalue weighted by atomic mass is 14.9. The molecule has 12 aromatic rings. The number of hydrogen-bond acceptors (Lipinski definition) is 4. The second-order valence-corrected chi connectivity index (χ2v) is 21.3. The van der Waals surface area contributed by atoms with Crippen LogP contribution in [0.1, 0.15) is 52.5 Å². The molecule has 0 N–H and O–H groups in total. The second-order valence-electron chi connectivity index (χ2n) is 21.3. The minimum atomic E-state index is 0.110. The summed E-state index contributed by atoms with van der Waals surface area (Å²) in [7, 11) is 0. The first-order valence-corrected chi connectivity index (χ1v) is 28.3. The Hall–Kier alpha value is -10.4. The molecule has 82 heavy (non-hydrogen) atoms. The molecule has 0 fully saturated rings. The summed E-state index contributed by atoms with van der Waals surface area (Å²) in [5, 5.41) is 0.996. The number of hydrogen-bond donors (Lipinski definition) is 0. The molecule has 388 valence electrons. The Kier molecular flexibility index (Phi) is 13.6. The van der Waals surface area contributed by atoms with Gasteiger partial charge in [-0.05, 0) is 98.0 Å². The molecule has 2 aliphatic rings. The van der Waals surface area contributed by atoms with Crippen LogP contribution in [0.25, 0.3) is 101 Å². The van der Waals surface area contributed by atoms with Crippen LogP contribution in [0.5, 0.6) is 0 Å². The highest BCUT2D eigenvalue weighted by molar-refractivity contribution is 6.06. The second kappa shape index (κ2) is 22.4. The Bertz CT molecular complexity index is 4320. The fraction of sp³-hybridized carbons (Fsp3) is 0.0513. The summed E-state index contributed by atoms with van der Waals surface area (Å²) in [6, 6.07) is 99.4. The van der Waals surface area contributed by atoms with E-state index in [4.69, 9.17) is 19.9 Å². The zero-order valence-corrected chi connectivity index (χ0v) is 45.2. The van der Waals surface area contributed by atoms with Gasteiger partial charge in [0.2, 0.25) is 0 Å². The van der Waals surface area contributed by atoms with E-state index >= 15 is 0 Å². The van der Waals surface area contributed by atoms with Crippen molar-refractivity contribution >= 4 is 27.9 Å². The molecule has 0 amide bonds. The lowest BCUT2D eigenvalue weighted by molar-refractivity contribution is 0.868. The molecule has 2 atom stereocenters. The quantitative estimate of drug-likeness (QED) is 0.123. The van der Waals surface area contributed by atoms with Crippen LogP contribution in [0.15, 0.2) is 308 Å². The Morgan fingerprint density at radius 2 is 0.854 bits per heavy atom. The fourth-order valence-corrected chi connectivity index (χ4v) is 11.7. The predicted octanol–water partition coefficient (Wildman–Crippen LogP) is 19.8. The topological polar surface area (TPSA) is 51.0 Å². The van der Waals surface area contributed by atoms with Crippen molar-refractivity contribution in [1.29, 1.82) is 0 Å². The van der Waals surface area contributed by atoms with Gasteiger partial charge in [-0.15, -0.1) is 0 Å². The van der Waals surface area contributed by atoms with Crippen molar-refractivity contribution in [3.8, 4) is 78.5 Å². The highest BCUT2D eigenvalue weighted by Gasteiger charge is 2.24. The van der Waals surface area contributed by atoms with Crippen molar-refractivity contribution in [3.63, 3.8) is 0 Å². The first kappa shape index (κ1) is 49.8. The molecule has 1 aliphatic carbocycles. The van der Waals surface area contributed by atoms with E-state index in [1.54, 1.807) is 0 Å². The van der Waals surface area contributed by atoms with Crippen LogP contribution in [0, 0.1) is 0 Å². The monoisotopic (exact) mass is 1050 g/mol. The van der Waals surface area contributed by atoms with Crippen molar-refractivity contribution in [2.24, 2.45) is 4.99 Å². The third-order valence-corrected chi connectivity index (χ3v) is 16.0. The van der Waals surface area contributed by atoms with Gasteiger partial charge in [0.15, 0.2) is 5.82 Å². The zero-order valence-electron chi connectivity index (χ0n) is 45.2.